The van der Waals surface area contributed by atoms with Crippen LogP contribution in [0.5, 0.6) is 0 Å². The normalized spacial score (nSPS) is 16.8. The zero-order valence-corrected chi connectivity index (χ0v) is 19.0. The number of pyridine rings is 1. The van der Waals surface area contributed by atoms with Crippen molar-refractivity contribution in [2.45, 2.75) is 64.5 Å². The summed E-state index contributed by atoms with van der Waals surface area (Å²) in [6, 6.07) is 10.0. The summed E-state index contributed by atoms with van der Waals surface area (Å²) in [7, 11) is 0. The number of hydrogen-bond acceptors (Lipinski definition) is 3. The molecule has 1 saturated carbocycles. The van der Waals surface area contributed by atoms with Crippen molar-refractivity contribution in [3.05, 3.63) is 69.6 Å². The lowest BCUT2D eigenvalue weighted by atomic mass is 10.1. The molecule has 6 nitrogen and oxygen atoms in total. The largest absolute Gasteiger partial charge is 0.349 e. The summed E-state index contributed by atoms with van der Waals surface area (Å²) < 4.78 is 1.97. The Hall–Kier alpha value is -2.89. The van der Waals surface area contributed by atoms with Crippen LogP contribution in [0.25, 0.3) is 0 Å². The molecule has 170 valence electrons. The van der Waals surface area contributed by atoms with Crippen LogP contribution in [-0.2, 0) is 6.54 Å². The fourth-order valence-corrected chi connectivity index (χ4v) is 4.88. The van der Waals surface area contributed by atoms with Gasteiger partial charge in [-0.3, -0.25) is 14.4 Å². The van der Waals surface area contributed by atoms with Gasteiger partial charge in [0.25, 0.3) is 11.8 Å². The highest BCUT2D eigenvalue weighted by Gasteiger charge is 2.28. The number of hydrogen-bond donors (Lipinski definition) is 0. The number of carbonyl (C=O) groups is 2. The van der Waals surface area contributed by atoms with Crippen LogP contribution < -0.4 is 5.43 Å². The van der Waals surface area contributed by atoms with Crippen LogP contribution in [0.3, 0.4) is 0 Å². The highest BCUT2D eigenvalue weighted by Crippen LogP contribution is 2.29. The third kappa shape index (κ3) is 4.79. The fourth-order valence-electron chi connectivity index (χ4n) is 4.88. The first-order valence-corrected chi connectivity index (χ1v) is 12.0. The van der Waals surface area contributed by atoms with Crippen molar-refractivity contribution in [1.82, 2.24) is 14.4 Å². The van der Waals surface area contributed by atoms with Gasteiger partial charge in [0.1, 0.15) is 11.1 Å². The average Bonchev–Trinajstić information content (AvgIpc) is 3.38. The molecule has 1 aromatic heterocycles. The number of nitrogens with zero attached hydrogens (tertiary/aromatic N) is 3. The molecular formula is C26H33N3O3. The Kier molecular flexibility index (Phi) is 7.08. The van der Waals surface area contributed by atoms with Gasteiger partial charge in [-0.05, 0) is 44.6 Å². The summed E-state index contributed by atoms with van der Waals surface area (Å²) in [4.78, 5) is 43.7. The van der Waals surface area contributed by atoms with Crippen molar-refractivity contribution in [2.24, 2.45) is 0 Å². The predicted molar refractivity (Wildman–Crippen MR) is 125 cm³/mol. The molecule has 32 heavy (non-hydrogen) atoms. The Morgan fingerprint density at radius 1 is 0.938 bits per heavy atom. The van der Waals surface area contributed by atoms with Gasteiger partial charge < -0.3 is 14.4 Å². The van der Waals surface area contributed by atoms with E-state index in [2.05, 4.69) is 0 Å². The molecule has 2 amide bonds. The molecule has 4 rings (SSSR count). The van der Waals surface area contributed by atoms with E-state index in [-0.39, 0.29) is 29.0 Å². The fraction of sp³-hybridized carbons (Fsp3) is 0.500. The molecule has 1 aliphatic heterocycles. The smallest absolute Gasteiger partial charge is 0.259 e. The van der Waals surface area contributed by atoms with E-state index in [0.29, 0.717) is 26.2 Å². The quantitative estimate of drug-likeness (QED) is 0.681. The second-order valence-corrected chi connectivity index (χ2v) is 8.96. The van der Waals surface area contributed by atoms with E-state index in [0.717, 1.165) is 50.5 Å². The van der Waals surface area contributed by atoms with Gasteiger partial charge in [-0.1, -0.05) is 43.2 Å². The summed E-state index contributed by atoms with van der Waals surface area (Å²) in [5.41, 5.74) is 0.823. The van der Waals surface area contributed by atoms with Gasteiger partial charge in [0.2, 0.25) is 5.43 Å². The van der Waals surface area contributed by atoms with Crippen molar-refractivity contribution in [3.8, 4) is 0 Å². The zero-order chi connectivity index (χ0) is 22.5. The van der Waals surface area contributed by atoms with Crippen molar-refractivity contribution in [3.63, 3.8) is 0 Å². The molecule has 2 fully saturated rings. The first-order valence-electron chi connectivity index (χ1n) is 12.0. The number of amides is 2. The van der Waals surface area contributed by atoms with Crippen LogP contribution in [0.4, 0.5) is 0 Å². The summed E-state index contributed by atoms with van der Waals surface area (Å²) in [6.45, 7) is 4.19. The molecule has 2 aliphatic rings. The first-order chi connectivity index (χ1) is 15.6. The molecule has 0 radical (unpaired) electrons. The van der Waals surface area contributed by atoms with E-state index in [1.807, 2.05) is 41.8 Å². The maximum absolute atomic E-state index is 13.5. The number of piperidine rings is 1. The molecule has 2 aromatic rings. The Morgan fingerprint density at radius 2 is 1.59 bits per heavy atom. The van der Waals surface area contributed by atoms with E-state index < -0.39 is 5.43 Å². The molecular weight excluding hydrogens is 402 g/mol. The number of likely N-dealkylation sites (tertiary alicyclic amines) is 1. The number of rotatable bonds is 6. The standard InChI is InChI=1S/C26H33N3O3/c1-2-27(17-20-11-5-3-6-12-20)25(31)22-18-29(21-13-7-8-14-21)19-23(24(22)30)26(32)28-15-9-4-10-16-28/h3,5-6,11-12,18-19,21H,2,4,7-10,13-17H2,1H3. The maximum atomic E-state index is 13.5. The van der Waals surface area contributed by atoms with E-state index >= 15 is 0 Å². The van der Waals surface area contributed by atoms with Crippen molar-refractivity contribution in [1.29, 1.82) is 0 Å². The predicted octanol–water partition coefficient (Wildman–Crippen LogP) is 4.25. The lowest BCUT2D eigenvalue weighted by molar-refractivity contribution is 0.0721. The Bertz CT molecular complexity index is 1000. The molecule has 1 aromatic carbocycles. The molecule has 6 heteroatoms. The van der Waals surface area contributed by atoms with Crippen LogP contribution in [0.2, 0.25) is 0 Å². The topological polar surface area (TPSA) is 62.6 Å². The summed E-state index contributed by atoms with van der Waals surface area (Å²) >= 11 is 0. The van der Waals surface area contributed by atoms with Gasteiger partial charge in [0.15, 0.2) is 0 Å². The van der Waals surface area contributed by atoms with Gasteiger partial charge in [-0.15, -0.1) is 0 Å². The van der Waals surface area contributed by atoms with Gasteiger partial charge in [-0.2, -0.15) is 0 Å². The number of aromatic nitrogens is 1. The van der Waals surface area contributed by atoms with Crippen LogP contribution in [0.15, 0.2) is 47.5 Å². The maximum Gasteiger partial charge on any atom is 0.259 e. The van der Waals surface area contributed by atoms with Gasteiger partial charge in [0, 0.05) is 44.6 Å². The molecule has 0 atom stereocenters. The summed E-state index contributed by atoms with van der Waals surface area (Å²) in [5, 5.41) is 0. The zero-order valence-electron chi connectivity index (χ0n) is 19.0. The molecule has 0 N–H and O–H groups in total. The monoisotopic (exact) mass is 435 g/mol. The highest BCUT2D eigenvalue weighted by atomic mass is 16.2. The third-order valence-corrected chi connectivity index (χ3v) is 6.78. The minimum atomic E-state index is -0.439. The SMILES string of the molecule is CCN(Cc1ccccc1)C(=O)c1cn(C2CCCC2)cc(C(=O)N2CCCCC2)c1=O. The molecule has 1 aliphatic carbocycles. The Morgan fingerprint density at radius 3 is 2.25 bits per heavy atom. The Labute approximate surface area is 189 Å². The lowest BCUT2D eigenvalue weighted by Crippen LogP contribution is -2.41. The summed E-state index contributed by atoms with van der Waals surface area (Å²) in [5.74, 6) is -0.538. The van der Waals surface area contributed by atoms with Crippen molar-refractivity contribution in [2.75, 3.05) is 19.6 Å². The van der Waals surface area contributed by atoms with Crippen molar-refractivity contribution < 1.29 is 9.59 Å². The van der Waals surface area contributed by atoms with Crippen LogP contribution in [-0.4, -0.2) is 45.8 Å². The Balaban J connectivity index is 1.70. The molecule has 0 bridgehead atoms. The minimum Gasteiger partial charge on any atom is -0.349 e. The van der Waals surface area contributed by atoms with E-state index in [1.54, 1.807) is 22.2 Å². The number of benzene rings is 1. The first kappa shape index (κ1) is 22.3. The van der Waals surface area contributed by atoms with Crippen LogP contribution >= 0.6 is 0 Å². The third-order valence-electron chi connectivity index (χ3n) is 6.78. The summed E-state index contributed by atoms with van der Waals surface area (Å²) in [6.07, 6.45) is 10.7. The van der Waals surface area contributed by atoms with E-state index in [9.17, 15) is 14.4 Å². The second-order valence-electron chi connectivity index (χ2n) is 8.96. The molecule has 0 unspecified atom stereocenters. The minimum absolute atomic E-state index is 0.109. The van der Waals surface area contributed by atoms with Crippen molar-refractivity contribution >= 4 is 11.8 Å². The molecule has 0 spiro atoms. The van der Waals surface area contributed by atoms with Crippen LogP contribution in [0, 0.1) is 0 Å². The molecule has 2 heterocycles. The number of carbonyl (C=O) groups excluding carboxylic acids is 2. The second kappa shape index (κ2) is 10.2. The highest BCUT2D eigenvalue weighted by molar-refractivity contribution is 5.99. The molecule has 1 saturated heterocycles. The van der Waals surface area contributed by atoms with E-state index in [1.165, 1.54) is 0 Å². The average molecular weight is 436 g/mol. The van der Waals surface area contributed by atoms with Gasteiger partial charge >= 0.3 is 0 Å². The van der Waals surface area contributed by atoms with Gasteiger partial charge in [0.05, 0.1) is 0 Å². The lowest BCUT2D eigenvalue weighted by Gasteiger charge is -2.27. The van der Waals surface area contributed by atoms with Gasteiger partial charge in [-0.25, -0.2) is 0 Å². The van der Waals surface area contributed by atoms with E-state index in [4.69, 9.17) is 0 Å². The van der Waals surface area contributed by atoms with Crippen LogP contribution in [0.1, 0.15) is 84.2 Å².